The molecule has 2 rings (SSSR count). The molecule has 1 heterocycles. The van der Waals surface area contributed by atoms with Crippen molar-refractivity contribution >= 4 is 33.2 Å². The van der Waals surface area contributed by atoms with E-state index in [1.807, 2.05) is 14.0 Å². The zero-order valence-electron chi connectivity index (χ0n) is 10.7. The fourth-order valence-electron chi connectivity index (χ4n) is 1.82. The Morgan fingerprint density at radius 3 is 2.79 bits per heavy atom. The van der Waals surface area contributed by atoms with Crippen molar-refractivity contribution in [2.75, 3.05) is 5.32 Å². The highest BCUT2D eigenvalue weighted by Crippen LogP contribution is 2.26. The second kappa shape index (κ2) is 5.92. The first-order valence-corrected chi connectivity index (χ1v) is 7.09. The molecule has 2 aromatic rings. The highest BCUT2D eigenvalue weighted by molar-refractivity contribution is 9.10. The molecular formula is C13H14BrClFN3. The molecule has 0 saturated heterocycles. The summed E-state index contributed by atoms with van der Waals surface area (Å²) in [5, 5.41) is 8.26. The van der Waals surface area contributed by atoms with Gasteiger partial charge in [-0.05, 0) is 40.5 Å². The summed E-state index contributed by atoms with van der Waals surface area (Å²) in [5.74, 6) is -0.274. The molecule has 0 fully saturated rings. The molecule has 1 aromatic heterocycles. The minimum atomic E-state index is -0.274. The van der Waals surface area contributed by atoms with E-state index in [-0.39, 0.29) is 5.82 Å². The summed E-state index contributed by atoms with van der Waals surface area (Å²) in [7, 11) is 1.86. The maximum absolute atomic E-state index is 13.0. The highest BCUT2D eigenvalue weighted by atomic mass is 79.9. The fourth-order valence-corrected chi connectivity index (χ4v) is 2.68. The number of benzene rings is 1. The van der Waals surface area contributed by atoms with Gasteiger partial charge in [-0.2, -0.15) is 5.10 Å². The van der Waals surface area contributed by atoms with Crippen LogP contribution in [0.1, 0.15) is 18.3 Å². The Kier molecular flexibility index (Phi) is 4.47. The zero-order valence-corrected chi connectivity index (χ0v) is 13.0. The first-order valence-electron chi connectivity index (χ1n) is 5.92. The molecule has 0 bridgehead atoms. The summed E-state index contributed by atoms with van der Waals surface area (Å²) in [5.41, 5.74) is 2.62. The van der Waals surface area contributed by atoms with Crippen LogP contribution >= 0.6 is 27.5 Å². The number of nitrogens with zero attached hydrogens (tertiary/aromatic N) is 2. The van der Waals surface area contributed by atoms with Crippen LogP contribution in [0.25, 0.3) is 0 Å². The molecule has 0 atom stereocenters. The number of anilines is 1. The van der Waals surface area contributed by atoms with E-state index in [1.165, 1.54) is 12.1 Å². The van der Waals surface area contributed by atoms with E-state index >= 15 is 0 Å². The van der Waals surface area contributed by atoms with E-state index in [1.54, 1.807) is 10.7 Å². The minimum absolute atomic E-state index is 0.274. The van der Waals surface area contributed by atoms with Gasteiger partial charge in [0.05, 0.1) is 23.0 Å². The molecule has 0 unspecified atom stereocenters. The molecule has 0 amide bonds. The van der Waals surface area contributed by atoms with Crippen LogP contribution in [0.2, 0.25) is 5.02 Å². The topological polar surface area (TPSA) is 29.9 Å². The molecule has 19 heavy (non-hydrogen) atoms. The predicted octanol–water partition coefficient (Wildman–Crippen LogP) is 4.15. The zero-order chi connectivity index (χ0) is 14.0. The van der Waals surface area contributed by atoms with Crippen LogP contribution in [0.5, 0.6) is 0 Å². The van der Waals surface area contributed by atoms with Crippen LogP contribution in [-0.2, 0) is 20.0 Å². The van der Waals surface area contributed by atoms with Crippen LogP contribution in [-0.4, -0.2) is 9.78 Å². The summed E-state index contributed by atoms with van der Waals surface area (Å²) >= 11 is 9.58. The highest BCUT2D eigenvalue weighted by Gasteiger charge is 2.13. The third-order valence-corrected chi connectivity index (χ3v) is 3.97. The van der Waals surface area contributed by atoms with Crippen LogP contribution in [0.4, 0.5) is 10.1 Å². The summed E-state index contributed by atoms with van der Waals surface area (Å²) in [6.07, 6.45) is 0.799. The Morgan fingerprint density at radius 1 is 1.47 bits per heavy atom. The average molecular weight is 347 g/mol. The van der Waals surface area contributed by atoms with Crippen LogP contribution in [0, 0.1) is 5.82 Å². The first-order chi connectivity index (χ1) is 9.02. The quantitative estimate of drug-likeness (QED) is 0.901. The van der Waals surface area contributed by atoms with Crippen molar-refractivity contribution in [2.24, 2.45) is 7.05 Å². The molecular weight excluding hydrogens is 333 g/mol. The van der Waals surface area contributed by atoms with Gasteiger partial charge in [-0.1, -0.05) is 18.5 Å². The van der Waals surface area contributed by atoms with E-state index in [9.17, 15) is 4.39 Å². The van der Waals surface area contributed by atoms with Gasteiger partial charge in [-0.25, -0.2) is 4.39 Å². The van der Waals surface area contributed by atoms with E-state index in [4.69, 9.17) is 11.6 Å². The Morgan fingerprint density at radius 2 is 2.21 bits per heavy atom. The number of hydrogen-bond donors (Lipinski definition) is 1. The number of hydrogen-bond acceptors (Lipinski definition) is 2. The monoisotopic (exact) mass is 345 g/mol. The van der Waals surface area contributed by atoms with Crippen molar-refractivity contribution < 1.29 is 4.39 Å². The summed E-state index contributed by atoms with van der Waals surface area (Å²) < 4.78 is 15.4. The van der Waals surface area contributed by atoms with Gasteiger partial charge < -0.3 is 5.32 Å². The number of aromatic nitrogens is 2. The molecule has 0 aliphatic heterocycles. The molecule has 102 valence electrons. The predicted molar refractivity (Wildman–Crippen MR) is 79.0 cm³/mol. The van der Waals surface area contributed by atoms with Gasteiger partial charge in [0, 0.05) is 17.2 Å². The average Bonchev–Trinajstić information content (AvgIpc) is 2.64. The molecule has 0 radical (unpaired) electrons. The van der Waals surface area contributed by atoms with E-state index in [2.05, 4.69) is 26.3 Å². The maximum Gasteiger partial charge on any atom is 0.124 e. The van der Waals surface area contributed by atoms with Crippen molar-refractivity contribution in [3.8, 4) is 0 Å². The standard InChI is InChI=1S/C13H14BrClFN3/c1-3-10-13(15)12(19(2)18-10)7-17-11-5-4-8(16)6-9(11)14/h4-6,17H,3,7H2,1-2H3. The largest absolute Gasteiger partial charge is 0.378 e. The lowest BCUT2D eigenvalue weighted by atomic mass is 10.2. The molecule has 0 aliphatic rings. The van der Waals surface area contributed by atoms with Gasteiger partial charge in [0.2, 0.25) is 0 Å². The van der Waals surface area contributed by atoms with Gasteiger partial charge in [0.15, 0.2) is 0 Å². The second-order valence-electron chi connectivity index (χ2n) is 4.16. The maximum atomic E-state index is 13.0. The number of halogens is 3. The Bertz CT molecular complexity index is 598. The third-order valence-electron chi connectivity index (χ3n) is 2.88. The molecule has 0 saturated carbocycles. The smallest absolute Gasteiger partial charge is 0.124 e. The van der Waals surface area contributed by atoms with Crippen LogP contribution in [0.15, 0.2) is 22.7 Å². The van der Waals surface area contributed by atoms with Crippen molar-refractivity contribution in [2.45, 2.75) is 19.9 Å². The normalized spacial score (nSPS) is 10.8. The van der Waals surface area contributed by atoms with Gasteiger partial charge >= 0.3 is 0 Å². The van der Waals surface area contributed by atoms with Gasteiger partial charge in [-0.3, -0.25) is 4.68 Å². The molecule has 3 nitrogen and oxygen atoms in total. The molecule has 1 aromatic carbocycles. The first kappa shape index (κ1) is 14.3. The fraction of sp³-hybridized carbons (Fsp3) is 0.308. The van der Waals surface area contributed by atoms with Gasteiger partial charge in [-0.15, -0.1) is 0 Å². The van der Waals surface area contributed by atoms with Crippen LogP contribution < -0.4 is 5.32 Å². The summed E-state index contributed by atoms with van der Waals surface area (Å²) in [4.78, 5) is 0. The second-order valence-corrected chi connectivity index (χ2v) is 5.39. The summed E-state index contributed by atoms with van der Waals surface area (Å²) in [6.45, 7) is 2.55. The van der Waals surface area contributed by atoms with Crippen molar-refractivity contribution in [3.63, 3.8) is 0 Å². The van der Waals surface area contributed by atoms with Gasteiger partial charge in [0.25, 0.3) is 0 Å². The molecule has 6 heteroatoms. The number of aryl methyl sites for hydroxylation is 2. The van der Waals surface area contributed by atoms with Crippen LogP contribution in [0.3, 0.4) is 0 Å². The number of nitrogens with one attached hydrogen (secondary N) is 1. The Balaban J connectivity index is 2.16. The third kappa shape index (κ3) is 3.09. The molecule has 0 aliphatic carbocycles. The molecule has 1 N–H and O–H groups in total. The lowest BCUT2D eigenvalue weighted by Gasteiger charge is -2.09. The minimum Gasteiger partial charge on any atom is -0.378 e. The van der Waals surface area contributed by atoms with Gasteiger partial charge in [0.1, 0.15) is 5.82 Å². The molecule has 0 spiro atoms. The van der Waals surface area contributed by atoms with Crippen molar-refractivity contribution in [3.05, 3.63) is 44.9 Å². The lowest BCUT2D eigenvalue weighted by Crippen LogP contribution is -2.06. The lowest BCUT2D eigenvalue weighted by molar-refractivity contribution is 0.627. The Labute approximate surface area is 124 Å². The van der Waals surface area contributed by atoms with E-state index in [0.717, 1.165) is 23.5 Å². The number of rotatable bonds is 4. The summed E-state index contributed by atoms with van der Waals surface area (Å²) in [6, 6.07) is 4.52. The van der Waals surface area contributed by atoms with E-state index < -0.39 is 0 Å². The van der Waals surface area contributed by atoms with Crippen molar-refractivity contribution in [1.82, 2.24) is 9.78 Å². The van der Waals surface area contributed by atoms with Crippen molar-refractivity contribution in [1.29, 1.82) is 0 Å². The Hall–Kier alpha value is -1.07. The SMILES string of the molecule is CCc1nn(C)c(CNc2ccc(F)cc2Br)c1Cl. The van der Waals surface area contributed by atoms with E-state index in [0.29, 0.717) is 16.0 Å².